The Morgan fingerprint density at radius 2 is 1.91 bits per heavy atom. The highest BCUT2D eigenvalue weighted by Crippen LogP contribution is 2.36. The van der Waals surface area contributed by atoms with Crippen LogP contribution in [0.25, 0.3) is 33.6 Å². The van der Waals surface area contributed by atoms with E-state index >= 15 is 0 Å². The molecule has 170 valence electrons. The standard InChI is InChI=1S/C25H29N7O/c1-30-21-7-6-17(25(33)31-13-18(26)11-19(27)14-31)9-20(21)29-24(30)22-10-16-3-2-8-28-23(16)32(22)12-15-4-5-15/h2-3,6-10,15,18-19H,4-5,11-14,26-27H2,1H3. The molecule has 33 heavy (non-hydrogen) atoms. The number of carbonyl (C=O) groups excluding carboxylic acids is 1. The molecule has 1 aliphatic carbocycles. The molecule has 2 atom stereocenters. The number of imidazole rings is 1. The van der Waals surface area contributed by atoms with Gasteiger partial charge in [-0.15, -0.1) is 0 Å². The number of fused-ring (bicyclic) bond motifs is 2. The summed E-state index contributed by atoms with van der Waals surface area (Å²) in [5.74, 6) is 1.56. The molecule has 4 aromatic rings. The number of carbonyl (C=O) groups is 1. The Balaban J connectivity index is 1.40. The zero-order chi connectivity index (χ0) is 22.7. The van der Waals surface area contributed by atoms with Crippen LogP contribution in [-0.4, -0.2) is 55.1 Å². The van der Waals surface area contributed by atoms with Gasteiger partial charge in [0.1, 0.15) is 5.65 Å². The summed E-state index contributed by atoms with van der Waals surface area (Å²) >= 11 is 0. The minimum absolute atomic E-state index is 0.0400. The maximum atomic E-state index is 13.2. The molecular weight excluding hydrogens is 414 g/mol. The Kier molecular flexibility index (Phi) is 4.74. The molecule has 3 aromatic heterocycles. The van der Waals surface area contributed by atoms with E-state index in [4.69, 9.17) is 16.5 Å². The summed E-state index contributed by atoms with van der Waals surface area (Å²) < 4.78 is 4.41. The van der Waals surface area contributed by atoms with E-state index in [-0.39, 0.29) is 18.0 Å². The Labute approximate surface area is 192 Å². The summed E-state index contributed by atoms with van der Waals surface area (Å²) in [4.78, 5) is 24.6. The van der Waals surface area contributed by atoms with Gasteiger partial charge in [0, 0.05) is 55.9 Å². The minimum Gasteiger partial charge on any atom is -0.336 e. The van der Waals surface area contributed by atoms with Gasteiger partial charge >= 0.3 is 0 Å². The molecule has 2 fully saturated rings. The summed E-state index contributed by atoms with van der Waals surface area (Å²) in [6.45, 7) is 2.02. The molecule has 2 unspecified atom stereocenters. The molecule has 1 aromatic carbocycles. The Bertz CT molecular complexity index is 1360. The number of benzene rings is 1. The number of rotatable bonds is 4. The lowest BCUT2D eigenvalue weighted by atomic mass is 10.0. The van der Waals surface area contributed by atoms with Crippen molar-refractivity contribution in [1.29, 1.82) is 0 Å². The van der Waals surface area contributed by atoms with Gasteiger partial charge in [0.25, 0.3) is 5.91 Å². The first-order chi connectivity index (χ1) is 16.0. The van der Waals surface area contributed by atoms with Crippen molar-refractivity contribution in [3.05, 3.63) is 48.2 Å². The van der Waals surface area contributed by atoms with E-state index < -0.39 is 0 Å². The first-order valence-corrected chi connectivity index (χ1v) is 11.7. The van der Waals surface area contributed by atoms with Crippen molar-refractivity contribution in [2.75, 3.05) is 13.1 Å². The van der Waals surface area contributed by atoms with Crippen LogP contribution in [0.5, 0.6) is 0 Å². The van der Waals surface area contributed by atoms with Gasteiger partial charge in [0.15, 0.2) is 5.82 Å². The van der Waals surface area contributed by atoms with E-state index in [1.165, 1.54) is 12.8 Å². The number of hydrogen-bond acceptors (Lipinski definition) is 5. The summed E-state index contributed by atoms with van der Waals surface area (Å²) in [7, 11) is 2.03. The number of amides is 1. The molecule has 1 saturated heterocycles. The smallest absolute Gasteiger partial charge is 0.254 e. The largest absolute Gasteiger partial charge is 0.336 e. The van der Waals surface area contributed by atoms with Crippen LogP contribution in [-0.2, 0) is 13.6 Å². The topological polar surface area (TPSA) is 108 Å². The second-order valence-electron chi connectivity index (χ2n) is 9.66. The number of nitrogens with zero attached hydrogens (tertiary/aromatic N) is 5. The van der Waals surface area contributed by atoms with Crippen molar-refractivity contribution in [1.82, 2.24) is 24.0 Å². The van der Waals surface area contributed by atoms with Gasteiger partial charge < -0.3 is 25.5 Å². The van der Waals surface area contributed by atoms with Crippen molar-refractivity contribution in [2.24, 2.45) is 24.4 Å². The third kappa shape index (κ3) is 3.59. The van der Waals surface area contributed by atoms with Gasteiger partial charge in [-0.1, -0.05) is 0 Å². The highest BCUT2D eigenvalue weighted by Gasteiger charge is 2.28. The molecule has 0 bridgehead atoms. The highest BCUT2D eigenvalue weighted by atomic mass is 16.2. The van der Waals surface area contributed by atoms with Crippen LogP contribution in [0, 0.1) is 5.92 Å². The summed E-state index contributed by atoms with van der Waals surface area (Å²) in [5.41, 5.74) is 16.7. The van der Waals surface area contributed by atoms with Gasteiger partial charge in [-0.05, 0) is 61.6 Å². The van der Waals surface area contributed by atoms with Gasteiger partial charge in [-0.2, -0.15) is 0 Å². The minimum atomic E-state index is -0.0788. The number of aryl methyl sites for hydroxylation is 1. The number of hydrogen-bond donors (Lipinski definition) is 2. The molecule has 4 N–H and O–H groups in total. The number of aromatic nitrogens is 4. The highest BCUT2D eigenvalue weighted by molar-refractivity contribution is 5.98. The molecule has 8 nitrogen and oxygen atoms in total. The molecule has 6 rings (SSSR count). The first kappa shape index (κ1) is 20.4. The molecular formula is C25H29N7O. The fourth-order valence-corrected chi connectivity index (χ4v) is 5.10. The average Bonchev–Trinajstić information content (AvgIpc) is 3.47. The SMILES string of the molecule is Cn1c(-c2cc3cccnc3n2CC2CC2)nc2cc(C(=O)N3CC(N)CC(N)C3)ccc21. The molecule has 1 amide bonds. The molecule has 0 radical (unpaired) electrons. The number of likely N-dealkylation sites (tertiary alicyclic amines) is 1. The first-order valence-electron chi connectivity index (χ1n) is 11.7. The van der Waals surface area contributed by atoms with Crippen LogP contribution in [0.2, 0.25) is 0 Å². The molecule has 2 aliphatic rings. The van der Waals surface area contributed by atoms with E-state index in [0.717, 1.165) is 46.6 Å². The van der Waals surface area contributed by atoms with Crippen LogP contribution < -0.4 is 11.5 Å². The van der Waals surface area contributed by atoms with Crippen LogP contribution in [0.1, 0.15) is 29.6 Å². The lowest BCUT2D eigenvalue weighted by molar-refractivity contribution is 0.0691. The van der Waals surface area contributed by atoms with Crippen LogP contribution in [0.15, 0.2) is 42.6 Å². The van der Waals surface area contributed by atoms with Crippen molar-refractivity contribution < 1.29 is 4.79 Å². The third-order valence-electron chi connectivity index (χ3n) is 6.95. The van der Waals surface area contributed by atoms with E-state index in [0.29, 0.717) is 24.6 Å². The molecule has 0 spiro atoms. The summed E-state index contributed by atoms with van der Waals surface area (Å²) in [6.07, 6.45) is 5.13. The third-order valence-corrected chi connectivity index (χ3v) is 6.95. The fraction of sp³-hybridized carbons (Fsp3) is 0.400. The maximum absolute atomic E-state index is 13.2. The van der Waals surface area contributed by atoms with E-state index in [1.807, 2.05) is 37.5 Å². The fourth-order valence-electron chi connectivity index (χ4n) is 5.10. The average molecular weight is 444 g/mol. The summed E-state index contributed by atoms with van der Waals surface area (Å²) in [6, 6.07) is 11.8. The van der Waals surface area contributed by atoms with Gasteiger partial charge in [-0.25, -0.2) is 9.97 Å². The quantitative estimate of drug-likeness (QED) is 0.504. The lowest BCUT2D eigenvalue weighted by Gasteiger charge is -2.34. The predicted octanol–water partition coefficient (Wildman–Crippen LogP) is 2.50. The lowest BCUT2D eigenvalue weighted by Crippen LogP contribution is -2.54. The molecule has 1 saturated carbocycles. The summed E-state index contributed by atoms with van der Waals surface area (Å²) in [5, 5.41) is 1.12. The second kappa shape index (κ2) is 7.67. The Hall–Kier alpha value is -3.23. The molecule has 1 aliphatic heterocycles. The van der Waals surface area contributed by atoms with Crippen LogP contribution in [0.4, 0.5) is 0 Å². The van der Waals surface area contributed by atoms with Gasteiger partial charge in [0.05, 0.1) is 16.7 Å². The van der Waals surface area contributed by atoms with Crippen molar-refractivity contribution in [3.63, 3.8) is 0 Å². The van der Waals surface area contributed by atoms with Gasteiger partial charge in [-0.3, -0.25) is 4.79 Å². The maximum Gasteiger partial charge on any atom is 0.254 e. The monoisotopic (exact) mass is 443 g/mol. The molecule has 8 heteroatoms. The Morgan fingerprint density at radius 1 is 1.12 bits per heavy atom. The second-order valence-corrected chi connectivity index (χ2v) is 9.66. The van der Waals surface area contributed by atoms with Crippen molar-refractivity contribution in [3.8, 4) is 11.5 Å². The number of piperidine rings is 1. The Morgan fingerprint density at radius 3 is 2.67 bits per heavy atom. The molecule has 4 heterocycles. The van der Waals surface area contributed by atoms with E-state index in [1.54, 1.807) is 4.90 Å². The predicted molar refractivity (Wildman–Crippen MR) is 129 cm³/mol. The van der Waals surface area contributed by atoms with E-state index in [2.05, 4.69) is 26.3 Å². The van der Waals surface area contributed by atoms with Crippen LogP contribution in [0.3, 0.4) is 0 Å². The van der Waals surface area contributed by atoms with E-state index in [9.17, 15) is 4.79 Å². The van der Waals surface area contributed by atoms with Gasteiger partial charge in [0.2, 0.25) is 0 Å². The van der Waals surface area contributed by atoms with Crippen molar-refractivity contribution in [2.45, 2.75) is 37.9 Å². The number of pyridine rings is 1. The zero-order valence-electron chi connectivity index (χ0n) is 18.8. The normalized spacial score (nSPS) is 21.2. The van der Waals surface area contributed by atoms with Crippen molar-refractivity contribution >= 4 is 28.0 Å². The van der Waals surface area contributed by atoms with Crippen LogP contribution >= 0.6 is 0 Å². The zero-order valence-corrected chi connectivity index (χ0v) is 18.8. The number of nitrogens with two attached hydrogens (primary N) is 2.